The van der Waals surface area contributed by atoms with Gasteiger partial charge < -0.3 is 10.2 Å². The molecule has 0 aromatic heterocycles. The topological polar surface area (TPSA) is 98.2 Å². The third-order valence-corrected chi connectivity index (χ3v) is 4.78. The van der Waals surface area contributed by atoms with Crippen LogP contribution in [0.4, 0.5) is 5.69 Å². The van der Waals surface area contributed by atoms with Crippen molar-refractivity contribution >= 4 is 21.9 Å². The summed E-state index contributed by atoms with van der Waals surface area (Å²) in [6.45, 7) is 1.58. The highest BCUT2D eigenvalue weighted by Gasteiger charge is 2.28. The number of carbonyl (C=O) groups is 1. The molecule has 2 N–H and O–H groups in total. The first-order valence-corrected chi connectivity index (χ1v) is 7.93. The summed E-state index contributed by atoms with van der Waals surface area (Å²) in [7, 11) is -2.51. The first kappa shape index (κ1) is 17.3. The maximum atomic E-state index is 12.5. The Morgan fingerprint density at radius 3 is 2.29 bits per heavy atom. The molecule has 1 rings (SSSR count). The lowest BCUT2D eigenvalue weighted by Gasteiger charge is -2.28. The van der Waals surface area contributed by atoms with Crippen molar-refractivity contribution in [2.45, 2.75) is 19.8 Å². The number of nitrogens with zero attached hydrogens (tertiary/aromatic N) is 2. The van der Waals surface area contributed by atoms with Crippen molar-refractivity contribution < 1.29 is 23.4 Å². The Bertz CT molecular complexity index is 571. The van der Waals surface area contributed by atoms with Crippen molar-refractivity contribution in [3.05, 3.63) is 24.3 Å². The van der Waals surface area contributed by atoms with E-state index in [0.29, 0.717) is 13.0 Å². The van der Waals surface area contributed by atoms with Crippen LogP contribution in [0.5, 0.6) is 5.75 Å². The van der Waals surface area contributed by atoms with Crippen LogP contribution in [0.2, 0.25) is 0 Å². The summed E-state index contributed by atoms with van der Waals surface area (Å²) in [6, 6.07) is 5.35. The van der Waals surface area contributed by atoms with E-state index in [9.17, 15) is 18.3 Å². The molecule has 0 saturated carbocycles. The molecular weight excluding hydrogens is 296 g/mol. The van der Waals surface area contributed by atoms with Gasteiger partial charge in [-0.1, -0.05) is 13.3 Å². The molecule has 8 heteroatoms. The molecule has 0 aliphatic heterocycles. The molecule has 0 aliphatic rings. The fraction of sp³-hybridized carbons (Fsp3) is 0.462. The van der Waals surface area contributed by atoms with Gasteiger partial charge in [0.25, 0.3) is 0 Å². The van der Waals surface area contributed by atoms with E-state index < -0.39 is 22.7 Å². The molecule has 0 saturated heterocycles. The number of hydrogen-bond donors (Lipinski definition) is 2. The fourth-order valence-electron chi connectivity index (χ4n) is 1.71. The molecule has 21 heavy (non-hydrogen) atoms. The third kappa shape index (κ3) is 4.61. The minimum absolute atomic E-state index is 0.0224. The number of hydrogen-bond acceptors (Lipinski definition) is 4. The van der Waals surface area contributed by atoms with E-state index in [1.165, 1.54) is 31.3 Å². The summed E-state index contributed by atoms with van der Waals surface area (Å²) in [4.78, 5) is 11.0. The standard InChI is InChI=1S/C13H20N2O5S/c1-3-4-9-14(2)21(19,20)15(10-13(17)18)11-5-7-12(16)8-6-11/h5-8,16H,3-4,9-10H2,1-2H3,(H,17,18). The number of benzene rings is 1. The van der Waals surface area contributed by atoms with Crippen LogP contribution in [0.25, 0.3) is 0 Å². The molecule has 1 aromatic rings. The van der Waals surface area contributed by atoms with E-state index in [1.807, 2.05) is 6.92 Å². The smallest absolute Gasteiger partial charge is 0.324 e. The number of unbranched alkanes of at least 4 members (excludes halogenated alkanes) is 1. The lowest BCUT2D eigenvalue weighted by atomic mass is 10.3. The molecule has 0 spiro atoms. The van der Waals surface area contributed by atoms with Crippen molar-refractivity contribution in [3.63, 3.8) is 0 Å². The Balaban J connectivity index is 3.12. The van der Waals surface area contributed by atoms with E-state index in [1.54, 1.807) is 0 Å². The molecular formula is C13H20N2O5S. The number of carboxylic acid groups (broad SMARTS) is 1. The Morgan fingerprint density at radius 1 is 1.24 bits per heavy atom. The second kappa shape index (κ2) is 7.28. The summed E-state index contributed by atoms with van der Waals surface area (Å²) in [6.07, 6.45) is 1.52. The van der Waals surface area contributed by atoms with Gasteiger partial charge >= 0.3 is 16.2 Å². The highest BCUT2D eigenvalue weighted by Crippen LogP contribution is 2.22. The van der Waals surface area contributed by atoms with Crippen molar-refractivity contribution in [3.8, 4) is 5.75 Å². The van der Waals surface area contributed by atoms with Crippen LogP contribution in [0.1, 0.15) is 19.8 Å². The maximum absolute atomic E-state index is 12.5. The molecule has 7 nitrogen and oxygen atoms in total. The van der Waals surface area contributed by atoms with E-state index in [2.05, 4.69) is 0 Å². The first-order valence-electron chi connectivity index (χ1n) is 6.54. The predicted octanol–water partition coefficient (Wildman–Crippen LogP) is 1.26. The summed E-state index contributed by atoms with van der Waals surface area (Å²) in [5.74, 6) is -1.28. The van der Waals surface area contributed by atoms with Crippen molar-refractivity contribution in [1.82, 2.24) is 4.31 Å². The third-order valence-electron chi connectivity index (χ3n) is 2.92. The van der Waals surface area contributed by atoms with Crippen molar-refractivity contribution in [2.75, 3.05) is 24.4 Å². The van der Waals surface area contributed by atoms with Gasteiger partial charge in [-0.05, 0) is 30.7 Å². The monoisotopic (exact) mass is 316 g/mol. The van der Waals surface area contributed by atoms with Gasteiger partial charge in [0, 0.05) is 13.6 Å². The van der Waals surface area contributed by atoms with Crippen LogP contribution in [-0.2, 0) is 15.0 Å². The minimum Gasteiger partial charge on any atom is -0.508 e. The number of anilines is 1. The van der Waals surface area contributed by atoms with Crippen LogP contribution < -0.4 is 4.31 Å². The SMILES string of the molecule is CCCCN(C)S(=O)(=O)N(CC(=O)O)c1ccc(O)cc1. The van der Waals surface area contributed by atoms with Gasteiger partial charge in [0.1, 0.15) is 12.3 Å². The number of phenolic OH excluding ortho intramolecular Hbond substituents is 1. The molecule has 0 aliphatic carbocycles. The first-order chi connectivity index (χ1) is 9.78. The van der Waals surface area contributed by atoms with E-state index in [4.69, 9.17) is 5.11 Å². The second-order valence-corrected chi connectivity index (χ2v) is 6.56. The molecule has 118 valence electrons. The van der Waals surface area contributed by atoms with Crippen LogP contribution in [0.3, 0.4) is 0 Å². The summed E-state index contributed by atoms with van der Waals surface area (Å²) < 4.78 is 26.9. The van der Waals surface area contributed by atoms with E-state index >= 15 is 0 Å². The maximum Gasteiger partial charge on any atom is 0.324 e. The number of carboxylic acids is 1. The van der Waals surface area contributed by atoms with Crippen LogP contribution in [0, 0.1) is 0 Å². The average molecular weight is 316 g/mol. The summed E-state index contributed by atoms with van der Waals surface area (Å²) in [5, 5.41) is 18.2. The van der Waals surface area contributed by atoms with Crippen LogP contribution in [-0.4, -0.2) is 49.0 Å². The quantitative estimate of drug-likeness (QED) is 0.752. The summed E-state index contributed by atoms with van der Waals surface area (Å²) >= 11 is 0. The fourth-order valence-corrected chi connectivity index (χ4v) is 3.07. The molecule has 1 aromatic carbocycles. The van der Waals surface area contributed by atoms with Gasteiger partial charge in [0.2, 0.25) is 0 Å². The Labute approximate surface area is 124 Å². The minimum atomic E-state index is -3.93. The molecule has 0 fully saturated rings. The Hall–Kier alpha value is -1.80. The Morgan fingerprint density at radius 2 is 1.81 bits per heavy atom. The summed E-state index contributed by atoms with van der Waals surface area (Å²) in [5.41, 5.74) is 0.193. The molecule has 0 amide bonds. The molecule has 0 unspecified atom stereocenters. The van der Waals surface area contributed by atoms with Gasteiger partial charge in [-0.15, -0.1) is 0 Å². The zero-order valence-electron chi connectivity index (χ0n) is 12.1. The highest BCUT2D eigenvalue weighted by molar-refractivity contribution is 7.90. The molecule has 0 bridgehead atoms. The molecule has 0 heterocycles. The van der Waals surface area contributed by atoms with Gasteiger partial charge in [0.15, 0.2) is 0 Å². The highest BCUT2D eigenvalue weighted by atomic mass is 32.2. The number of aromatic hydroxyl groups is 1. The largest absolute Gasteiger partial charge is 0.508 e. The van der Waals surface area contributed by atoms with Gasteiger partial charge in [0.05, 0.1) is 5.69 Å². The lowest BCUT2D eigenvalue weighted by molar-refractivity contribution is -0.135. The number of rotatable bonds is 8. The zero-order valence-corrected chi connectivity index (χ0v) is 12.9. The van der Waals surface area contributed by atoms with Crippen LogP contribution in [0.15, 0.2) is 24.3 Å². The predicted molar refractivity (Wildman–Crippen MR) is 79.5 cm³/mol. The lowest BCUT2D eigenvalue weighted by Crippen LogP contribution is -2.44. The molecule has 0 atom stereocenters. The zero-order chi connectivity index (χ0) is 16.0. The van der Waals surface area contributed by atoms with Crippen molar-refractivity contribution in [1.29, 1.82) is 0 Å². The number of aliphatic carboxylic acids is 1. The van der Waals surface area contributed by atoms with Gasteiger partial charge in [-0.25, -0.2) is 4.31 Å². The van der Waals surface area contributed by atoms with Crippen LogP contribution >= 0.6 is 0 Å². The number of phenols is 1. The normalized spacial score (nSPS) is 11.6. The van der Waals surface area contributed by atoms with Gasteiger partial charge in [-0.2, -0.15) is 12.7 Å². The van der Waals surface area contributed by atoms with E-state index in [0.717, 1.165) is 15.0 Å². The van der Waals surface area contributed by atoms with Gasteiger partial charge in [-0.3, -0.25) is 4.79 Å². The molecule has 0 radical (unpaired) electrons. The second-order valence-electron chi connectivity index (χ2n) is 4.60. The average Bonchev–Trinajstić information content (AvgIpc) is 2.42. The van der Waals surface area contributed by atoms with E-state index in [-0.39, 0.29) is 11.4 Å². The van der Waals surface area contributed by atoms with Crippen molar-refractivity contribution in [2.24, 2.45) is 0 Å². The Kier molecular flexibility index (Phi) is 5.98.